The van der Waals surface area contributed by atoms with Crippen LogP contribution in [0.15, 0.2) is 0 Å². The van der Waals surface area contributed by atoms with Gasteiger partial charge in [-0.15, -0.1) is 0 Å². The molecule has 0 radical (unpaired) electrons. The fourth-order valence-corrected chi connectivity index (χ4v) is 2.67. The molecule has 1 saturated heterocycles. The molecule has 4 heteroatoms. The van der Waals surface area contributed by atoms with E-state index in [-0.39, 0.29) is 23.8 Å². The van der Waals surface area contributed by atoms with Crippen LogP contribution >= 0.6 is 0 Å². The van der Waals surface area contributed by atoms with Crippen LogP contribution in [0.4, 0.5) is 0 Å². The van der Waals surface area contributed by atoms with E-state index >= 15 is 0 Å². The third-order valence-electron chi connectivity index (χ3n) is 3.71. The summed E-state index contributed by atoms with van der Waals surface area (Å²) < 4.78 is 0. The molecule has 0 aromatic heterocycles. The van der Waals surface area contributed by atoms with Crippen LogP contribution in [0.3, 0.4) is 0 Å². The minimum Gasteiger partial charge on any atom is -0.351 e. The molecule has 4 nitrogen and oxygen atoms in total. The number of likely N-dealkylation sites (tertiary alicyclic amines) is 1. The number of carbonyl (C=O) groups is 2. The molecule has 2 fully saturated rings. The average molecular weight is 224 g/mol. The first-order chi connectivity index (χ1) is 7.66. The Morgan fingerprint density at radius 2 is 1.88 bits per heavy atom. The van der Waals surface area contributed by atoms with E-state index in [1.807, 2.05) is 0 Å². The van der Waals surface area contributed by atoms with Crippen LogP contribution in [0.25, 0.3) is 0 Å². The van der Waals surface area contributed by atoms with Gasteiger partial charge < -0.3 is 10.2 Å². The predicted octanol–water partition coefficient (Wildman–Crippen LogP) is 0.914. The molecule has 1 heterocycles. The molecule has 1 aliphatic heterocycles. The van der Waals surface area contributed by atoms with Crippen molar-refractivity contribution in [2.24, 2.45) is 5.92 Å². The van der Waals surface area contributed by atoms with Gasteiger partial charge in [0.25, 0.3) is 0 Å². The van der Waals surface area contributed by atoms with Gasteiger partial charge in [0, 0.05) is 32.0 Å². The normalized spacial score (nSPS) is 26.1. The molecule has 1 N–H and O–H groups in total. The van der Waals surface area contributed by atoms with E-state index in [0.717, 1.165) is 25.8 Å². The van der Waals surface area contributed by atoms with Crippen LogP contribution in [0.2, 0.25) is 0 Å². The van der Waals surface area contributed by atoms with Gasteiger partial charge in [0.15, 0.2) is 0 Å². The highest BCUT2D eigenvalue weighted by Crippen LogP contribution is 2.25. The molecule has 90 valence electrons. The van der Waals surface area contributed by atoms with Gasteiger partial charge in [-0.2, -0.15) is 0 Å². The van der Waals surface area contributed by atoms with Gasteiger partial charge in [-0.05, 0) is 19.3 Å². The highest BCUT2D eigenvalue weighted by molar-refractivity contribution is 5.79. The van der Waals surface area contributed by atoms with Crippen LogP contribution in [0, 0.1) is 5.92 Å². The summed E-state index contributed by atoms with van der Waals surface area (Å²) in [5.41, 5.74) is 0. The van der Waals surface area contributed by atoms with Crippen LogP contribution in [-0.2, 0) is 9.59 Å². The lowest BCUT2D eigenvalue weighted by molar-refractivity contribution is -0.129. The van der Waals surface area contributed by atoms with Crippen molar-refractivity contribution in [3.05, 3.63) is 0 Å². The quantitative estimate of drug-likeness (QED) is 0.758. The van der Waals surface area contributed by atoms with Crippen molar-refractivity contribution in [1.82, 2.24) is 10.2 Å². The average Bonchev–Trinajstić information content (AvgIpc) is 2.87. The Bertz CT molecular complexity index is 285. The number of carbonyl (C=O) groups excluding carboxylic acids is 2. The van der Waals surface area contributed by atoms with Crippen LogP contribution in [-0.4, -0.2) is 35.8 Å². The third kappa shape index (κ3) is 2.54. The molecular weight excluding hydrogens is 204 g/mol. The second-order valence-electron chi connectivity index (χ2n) is 4.94. The smallest absolute Gasteiger partial charge is 0.223 e. The fourth-order valence-electron chi connectivity index (χ4n) is 2.67. The summed E-state index contributed by atoms with van der Waals surface area (Å²) in [5, 5.41) is 3.07. The summed E-state index contributed by atoms with van der Waals surface area (Å²) in [4.78, 5) is 24.8. The molecule has 0 bridgehead atoms. The lowest BCUT2D eigenvalue weighted by Gasteiger charge is -2.17. The Morgan fingerprint density at radius 3 is 2.44 bits per heavy atom. The maximum absolute atomic E-state index is 11.9. The zero-order chi connectivity index (χ0) is 11.5. The SMILES string of the molecule is CC(=O)N1CCC(NC(=O)C2CCCC2)C1. The van der Waals surface area contributed by atoms with Crippen molar-refractivity contribution < 1.29 is 9.59 Å². The van der Waals surface area contributed by atoms with Crippen LogP contribution in [0.5, 0.6) is 0 Å². The number of hydrogen-bond donors (Lipinski definition) is 1. The minimum absolute atomic E-state index is 0.109. The number of rotatable bonds is 2. The van der Waals surface area contributed by atoms with E-state index in [4.69, 9.17) is 0 Å². The Morgan fingerprint density at radius 1 is 1.19 bits per heavy atom. The van der Waals surface area contributed by atoms with Gasteiger partial charge in [0.05, 0.1) is 0 Å². The van der Waals surface area contributed by atoms with E-state index < -0.39 is 0 Å². The zero-order valence-corrected chi connectivity index (χ0v) is 9.87. The number of amides is 2. The monoisotopic (exact) mass is 224 g/mol. The van der Waals surface area contributed by atoms with Gasteiger partial charge in [-0.25, -0.2) is 0 Å². The van der Waals surface area contributed by atoms with Gasteiger partial charge in [0.1, 0.15) is 0 Å². The minimum atomic E-state index is 0.109. The zero-order valence-electron chi connectivity index (χ0n) is 9.87. The summed E-state index contributed by atoms with van der Waals surface area (Å²) >= 11 is 0. The maximum atomic E-state index is 11.9. The van der Waals surface area contributed by atoms with E-state index in [0.29, 0.717) is 6.54 Å². The standard InChI is InChI=1S/C12H20N2O2/c1-9(15)14-7-6-11(8-14)13-12(16)10-4-2-3-5-10/h10-11H,2-8H2,1H3,(H,13,16). The molecule has 0 aromatic carbocycles. The van der Waals surface area contributed by atoms with Gasteiger partial charge >= 0.3 is 0 Å². The molecule has 1 unspecified atom stereocenters. The molecule has 0 aromatic rings. The van der Waals surface area contributed by atoms with Crippen molar-refractivity contribution in [2.45, 2.75) is 45.1 Å². The Labute approximate surface area is 96.4 Å². The molecule has 2 rings (SSSR count). The molecule has 16 heavy (non-hydrogen) atoms. The van der Waals surface area contributed by atoms with E-state index in [1.54, 1.807) is 11.8 Å². The Balaban J connectivity index is 1.78. The summed E-state index contributed by atoms with van der Waals surface area (Å²) in [6, 6.07) is 0.178. The number of nitrogens with one attached hydrogen (secondary N) is 1. The predicted molar refractivity (Wildman–Crippen MR) is 60.8 cm³/mol. The molecule has 1 atom stereocenters. The van der Waals surface area contributed by atoms with E-state index in [9.17, 15) is 9.59 Å². The number of nitrogens with zero attached hydrogens (tertiary/aromatic N) is 1. The Kier molecular flexibility index (Phi) is 3.46. The maximum Gasteiger partial charge on any atom is 0.223 e. The van der Waals surface area contributed by atoms with Crippen molar-refractivity contribution >= 4 is 11.8 Å². The summed E-state index contributed by atoms with van der Waals surface area (Å²) in [6.07, 6.45) is 5.34. The van der Waals surface area contributed by atoms with E-state index in [1.165, 1.54) is 12.8 Å². The second-order valence-corrected chi connectivity index (χ2v) is 4.94. The lowest BCUT2D eigenvalue weighted by atomic mass is 10.1. The molecule has 1 saturated carbocycles. The number of hydrogen-bond acceptors (Lipinski definition) is 2. The molecule has 0 spiro atoms. The first-order valence-electron chi connectivity index (χ1n) is 6.22. The van der Waals surface area contributed by atoms with Gasteiger partial charge in [0.2, 0.25) is 11.8 Å². The fraction of sp³-hybridized carbons (Fsp3) is 0.833. The largest absolute Gasteiger partial charge is 0.351 e. The molecular formula is C12H20N2O2. The summed E-state index contributed by atoms with van der Waals surface area (Å²) in [7, 11) is 0. The topological polar surface area (TPSA) is 49.4 Å². The second kappa shape index (κ2) is 4.85. The third-order valence-corrected chi connectivity index (χ3v) is 3.71. The van der Waals surface area contributed by atoms with Gasteiger partial charge in [-0.3, -0.25) is 9.59 Å². The lowest BCUT2D eigenvalue weighted by Crippen LogP contribution is -2.40. The molecule has 1 aliphatic carbocycles. The van der Waals surface area contributed by atoms with Crippen molar-refractivity contribution in [3.8, 4) is 0 Å². The first-order valence-corrected chi connectivity index (χ1v) is 6.22. The van der Waals surface area contributed by atoms with Crippen molar-refractivity contribution in [2.75, 3.05) is 13.1 Å². The van der Waals surface area contributed by atoms with Crippen LogP contribution in [0.1, 0.15) is 39.0 Å². The molecule has 2 aliphatic rings. The summed E-state index contributed by atoms with van der Waals surface area (Å²) in [6.45, 7) is 3.06. The highest BCUT2D eigenvalue weighted by Gasteiger charge is 2.29. The van der Waals surface area contributed by atoms with Gasteiger partial charge in [-0.1, -0.05) is 12.8 Å². The molecule has 2 amide bonds. The van der Waals surface area contributed by atoms with Crippen molar-refractivity contribution in [1.29, 1.82) is 0 Å². The highest BCUT2D eigenvalue weighted by atomic mass is 16.2. The van der Waals surface area contributed by atoms with Crippen molar-refractivity contribution in [3.63, 3.8) is 0 Å². The summed E-state index contributed by atoms with van der Waals surface area (Å²) in [5.74, 6) is 0.539. The first kappa shape index (κ1) is 11.4. The van der Waals surface area contributed by atoms with E-state index in [2.05, 4.69) is 5.32 Å². The van der Waals surface area contributed by atoms with Crippen LogP contribution < -0.4 is 5.32 Å². The Hall–Kier alpha value is -1.06.